The predicted molar refractivity (Wildman–Crippen MR) is 77.3 cm³/mol. The third-order valence-corrected chi connectivity index (χ3v) is 3.01. The molecule has 5 nitrogen and oxygen atoms in total. The number of rotatable bonds is 5. The van der Waals surface area contributed by atoms with Gasteiger partial charge in [-0.15, -0.1) is 0 Å². The highest BCUT2D eigenvalue weighted by Crippen LogP contribution is 2.15. The molecule has 1 atom stereocenters. The fraction of sp³-hybridized carbons (Fsp3) is 0.125. The van der Waals surface area contributed by atoms with E-state index in [4.69, 9.17) is 4.74 Å². The molecule has 2 aromatic rings. The second-order valence-electron chi connectivity index (χ2n) is 4.38. The monoisotopic (exact) mass is 285 g/mol. The van der Waals surface area contributed by atoms with Crippen LogP contribution in [0.15, 0.2) is 54.6 Å². The van der Waals surface area contributed by atoms with E-state index in [0.29, 0.717) is 16.9 Å². The number of ether oxygens (including phenoxy) is 1. The van der Waals surface area contributed by atoms with E-state index in [1.54, 1.807) is 54.6 Å². The van der Waals surface area contributed by atoms with E-state index in [-0.39, 0.29) is 0 Å². The van der Waals surface area contributed by atoms with Gasteiger partial charge in [0.25, 0.3) is 5.91 Å². The van der Waals surface area contributed by atoms with Crippen molar-refractivity contribution in [1.29, 1.82) is 0 Å². The van der Waals surface area contributed by atoms with Crippen LogP contribution in [0.5, 0.6) is 5.75 Å². The number of carboxylic acid groups (broad SMARTS) is 1. The van der Waals surface area contributed by atoms with Gasteiger partial charge < -0.3 is 15.2 Å². The number of carbonyl (C=O) groups excluding carboxylic acids is 1. The maximum absolute atomic E-state index is 12.1. The van der Waals surface area contributed by atoms with Crippen LogP contribution < -0.4 is 10.1 Å². The molecule has 0 saturated carbocycles. The van der Waals surface area contributed by atoms with Gasteiger partial charge in [0.15, 0.2) is 6.04 Å². The van der Waals surface area contributed by atoms with Crippen molar-refractivity contribution in [3.05, 3.63) is 65.7 Å². The predicted octanol–water partition coefficient (Wildman–Crippen LogP) is 2.25. The molecule has 0 aliphatic heterocycles. The molecule has 1 amide bonds. The molecule has 0 spiro atoms. The van der Waals surface area contributed by atoms with Crippen LogP contribution >= 0.6 is 0 Å². The first-order valence-electron chi connectivity index (χ1n) is 6.34. The Morgan fingerprint density at radius 2 is 1.67 bits per heavy atom. The first-order valence-corrected chi connectivity index (χ1v) is 6.34. The second-order valence-corrected chi connectivity index (χ2v) is 4.38. The quantitative estimate of drug-likeness (QED) is 0.883. The Morgan fingerprint density at radius 1 is 1.05 bits per heavy atom. The SMILES string of the molecule is COc1ccc(C(=O)N[C@H](C(=O)O)c2ccccc2)cc1. The fourth-order valence-electron chi connectivity index (χ4n) is 1.89. The van der Waals surface area contributed by atoms with Crippen LogP contribution in [0.3, 0.4) is 0 Å². The minimum absolute atomic E-state index is 0.373. The standard InChI is InChI=1S/C16H15NO4/c1-21-13-9-7-12(8-10-13)15(18)17-14(16(19)20)11-5-3-2-4-6-11/h2-10,14H,1H3,(H,17,18)(H,19,20)/t14-/m0/s1. The fourth-order valence-corrected chi connectivity index (χ4v) is 1.89. The number of carboxylic acids is 1. The lowest BCUT2D eigenvalue weighted by molar-refractivity contribution is -0.139. The van der Waals surface area contributed by atoms with Crippen molar-refractivity contribution in [2.75, 3.05) is 7.11 Å². The molecule has 0 saturated heterocycles. The van der Waals surface area contributed by atoms with E-state index in [1.807, 2.05) is 0 Å². The van der Waals surface area contributed by atoms with Gasteiger partial charge in [-0.05, 0) is 29.8 Å². The van der Waals surface area contributed by atoms with Crippen LogP contribution in [0.25, 0.3) is 0 Å². The van der Waals surface area contributed by atoms with Gasteiger partial charge >= 0.3 is 5.97 Å². The van der Waals surface area contributed by atoms with Crippen molar-refractivity contribution in [3.8, 4) is 5.75 Å². The number of aliphatic carboxylic acids is 1. The molecule has 0 aliphatic rings. The van der Waals surface area contributed by atoms with Crippen LogP contribution in [0.2, 0.25) is 0 Å². The zero-order valence-corrected chi connectivity index (χ0v) is 11.4. The average Bonchev–Trinajstić information content (AvgIpc) is 2.53. The molecule has 0 fully saturated rings. The highest BCUT2D eigenvalue weighted by Gasteiger charge is 2.22. The largest absolute Gasteiger partial charge is 0.497 e. The van der Waals surface area contributed by atoms with E-state index in [9.17, 15) is 14.7 Å². The van der Waals surface area contributed by atoms with Crippen molar-refractivity contribution >= 4 is 11.9 Å². The number of hydrogen-bond acceptors (Lipinski definition) is 3. The van der Waals surface area contributed by atoms with E-state index in [1.165, 1.54) is 7.11 Å². The number of carbonyl (C=O) groups is 2. The van der Waals surface area contributed by atoms with Gasteiger partial charge in [-0.2, -0.15) is 0 Å². The lowest BCUT2D eigenvalue weighted by Gasteiger charge is -2.15. The molecular weight excluding hydrogens is 270 g/mol. The number of benzene rings is 2. The number of nitrogens with one attached hydrogen (secondary N) is 1. The minimum atomic E-state index is -1.11. The normalized spacial score (nSPS) is 11.5. The summed E-state index contributed by atoms with van der Waals surface area (Å²) in [6.07, 6.45) is 0. The molecule has 0 heterocycles. The van der Waals surface area contributed by atoms with Gasteiger partial charge in [-0.3, -0.25) is 4.79 Å². The molecule has 0 aliphatic carbocycles. The Morgan fingerprint density at radius 3 is 2.19 bits per heavy atom. The molecule has 0 bridgehead atoms. The highest BCUT2D eigenvalue weighted by atomic mass is 16.5. The number of methoxy groups -OCH3 is 1. The third kappa shape index (κ3) is 3.60. The third-order valence-electron chi connectivity index (χ3n) is 3.01. The summed E-state index contributed by atoms with van der Waals surface area (Å²) in [4.78, 5) is 23.4. The summed E-state index contributed by atoms with van der Waals surface area (Å²) in [5.41, 5.74) is 0.893. The summed E-state index contributed by atoms with van der Waals surface area (Å²) < 4.78 is 5.01. The van der Waals surface area contributed by atoms with E-state index >= 15 is 0 Å². The summed E-state index contributed by atoms with van der Waals surface area (Å²) >= 11 is 0. The molecule has 21 heavy (non-hydrogen) atoms. The Labute approximate surface area is 122 Å². The molecule has 0 aromatic heterocycles. The smallest absolute Gasteiger partial charge is 0.330 e. The topological polar surface area (TPSA) is 75.6 Å². The first kappa shape index (κ1) is 14.6. The zero-order chi connectivity index (χ0) is 15.2. The summed E-state index contributed by atoms with van der Waals surface area (Å²) in [5.74, 6) is -0.929. The molecule has 2 N–H and O–H groups in total. The Balaban J connectivity index is 2.16. The van der Waals surface area contributed by atoms with E-state index in [2.05, 4.69) is 5.32 Å². The minimum Gasteiger partial charge on any atom is -0.497 e. The van der Waals surface area contributed by atoms with Gasteiger partial charge in [-0.25, -0.2) is 4.79 Å². The number of hydrogen-bond donors (Lipinski definition) is 2. The lowest BCUT2D eigenvalue weighted by atomic mass is 10.1. The number of amides is 1. The lowest BCUT2D eigenvalue weighted by Crippen LogP contribution is -2.33. The van der Waals surface area contributed by atoms with Crippen molar-refractivity contribution in [2.24, 2.45) is 0 Å². The molecule has 5 heteroatoms. The van der Waals surface area contributed by atoms with Gasteiger partial charge in [0, 0.05) is 5.56 Å². The van der Waals surface area contributed by atoms with Crippen molar-refractivity contribution in [2.45, 2.75) is 6.04 Å². The zero-order valence-electron chi connectivity index (χ0n) is 11.4. The van der Waals surface area contributed by atoms with Crippen LogP contribution in [0, 0.1) is 0 Å². The summed E-state index contributed by atoms with van der Waals surface area (Å²) in [6, 6.07) is 13.9. The molecular formula is C16H15NO4. The molecule has 2 rings (SSSR count). The molecule has 108 valence electrons. The summed E-state index contributed by atoms with van der Waals surface area (Å²) in [6.45, 7) is 0. The second kappa shape index (κ2) is 6.56. The van der Waals surface area contributed by atoms with Gasteiger partial charge in [0.1, 0.15) is 5.75 Å². The van der Waals surface area contributed by atoms with Crippen LogP contribution in [-0.2, 0) is 4.79 Å². The Kier molecular flexibility index (Phi) is 4.56. The first-order chi connectivity index (χ1) is 10.1. The summed E-state index contributed by atoms with van der Waals surface area (Å²) in [7, 11) is 1.53. The average molecular weight is 285 g/mol. The maximum atomic E-state index is 12.1. The van der Waals surface area contributed by atoms with Crippen LogP contribution in [0.1, 0.15) is 22.0 Å². The van der Waals surface area contributed by atoms with Crippen molar-refractivity contribution < 1.29 is 19.4 Å². The van der Waals surface area contributed by atoms with Crippen molar-refractivity contribution in [1.82, 2.24) is 5.32 Å². The van der Waals surface area contributed by atoms with Crippen molar-refractivity contribution in [3.63, 3.8) is 0 Å². The highest BCUT2D eigenvalue weighted by molar-refractivity contribution is 5.96. The molecule has 0 radical (unpaired) electrons. The van der Waals surface area contributed by atoms with Crippen LogP contribution in [-0.4, -0.2) is 24.1 Å². The van der Waals surface area contributed by atoms with Gasteiger partial charge in [0.05, 0.1) is 7.11 Å². The van der Waals surface area contributed by atoms with Gasteiger partial charge in [0.2, 0.25) is 0 Å². The maximum Gasteiger partial charge on any atom is 0.330 e. The van der Waals surface area contributed by atoms with Gasteiger partial charge in [-0.1, -0.05) is 30.3 Å². The van der Waals surface area contributed by atoms with E-state index in [0.717, 1.165) is 0 Å². The Hall–Kier alpha value is -2.82. The Bertz CT molecular complexity index is 622. The molecule has 0 unspecified atom stereocenters. The molecule has 2 aromatic carbocycles. The van der Waals surface area contributed by atoms with E-state index < -0.39 is 17.9 Å². The van der Waals surface area contributed by atoms with Crippen LogP contribution in [0.4, 0.5) is 0 Å². The summed E-state index contributed by atoms with van der Waals surface area (Å²) in [5, 5.41) is 11.8.